The second kappa shape index (κ2) is 6.53. The number of hydrogen-bond donors (Lipinski definition) is 2. The molecule has 1 aliphatic rings. The highest BCUT2D eigenvalue weighted by Crippen LogP contribution is 2.33. The number of fused-ring (bicyclic) bond motifs is 1. The molecule has 0 saturated heterocycles. The molecule has 0 spiro atoms. The van der Waals surface area contributed by atoms with Gasteiger partial charge in [0.2, 0.25) is 0 Å². The van der Waals surface area contributed by atoms with Gasteiger partial charge in [0.25, 0.3) is 0 Å². The van der Waals surface area contributed by atoms with E-state index in [1.165, 1.54) is 35.3 Å². The zero-order valence-electron chi connectivity index (χ0n) is 11.6. The van der Waals surface area contributed by atoms with Gasteiger partial charge in [-0.25, -0.2) is 0 Å². The molecule has 0 saturated carbocycles. The molecule has 3 rings (SSSR count). The van der Waals surface area contributed by atoms with Gasteiger partial charge in [-0.1, -0.05) is 30.3 Å². The van der Waals surface area contributed by atoms with Crippen LogP contribution < -0.4 is 5.32 Å². The van der Waals surface area contributed by atoms with E-state index in [4.69, 9.17) is 0 Å². The first-order valence-corrected chi connectivity index (χ1v) is 8.22. The monoisotopic (exact) mass is 287 g/mol. The Morgan fingerprint density at radius 3 is 2.90 bits per heavy atom. The number of aryl methyl sites for hydroxylation is 1. The van der Waals surface area contributed by atoms with Crippen LogP contribution in [0.4, 0.5) is 0 Å². The van der Waals surface area contributed by atoms with Gasteiger partial charge in [0.15, 0.2) is 0 Å². The summed E-state index contributed by atoms with van der Waals surface area (Å²) in [7, 11) is 0. The van der Waals surface area contributed by atoms with E-state index in [0.29, 0.717) is 6.04 Å². The van der Waals surface area contributed by atoms with E-state index >= 15 is 0 Å². The van der Waals surface area contributed by atoms with E-state index in [-0.39, 0.29) is 12.6 Å². The Morgan fingerprint density at radius 2 is 2.10 bits per heavy atom. The number of rotatable bonds is 5. The maximum absolute atomic E-state index is 9.66. The molecule has 20 heavy (non-hydrogen) atoms. The van der Waals surface area contributed by atoms with Crippen molar-refractivity contribution in [3.63, 3.8) is 0 Å². The molecule has 1 aromatic carbocycles. The Morgan fingerprint density at radius 1 is 1.25 bits per heavy atom. The highest BCUT2D eigenvalue weighted by Gasteiger charge is 2.23. The lowest BCUT2D eigenvalue weighted by Gasteiger charge is -2.28. The number of nitrogens with one attached hydrogen (secondary N) is 1. The van der Waals surface area contributed by atoms with Crippen LogP contribution in [-0.2, 0) is 12.8 Å². The van der Waals surface area contributed by atoms with Crippen LogP contribution in [0, 0.1) is 0 Å². The molecule has 1 aromatic heterocycles. The zero-order chi connectivity index (χ0) is 13.8. The van der Waals surface area contributed by atoms with Gasteiger partial charge in [0, 0.05) is 17.0 Å². The van der Waals surface area contributed by atoms with Gasteiger partial charge in [-0.05, 0) is 48.3 Å². The number of hydrogen-bond acceptors (Lipinski definition) is 3. The quantitative estimate of drug-likeness (QED) is 0.884. The Hall–Kier alpha value is -1.16. The number of aliphatic hydroxyl groups is 1. The summed E-state index contributed by atoms with van der Waals surface area (Å²) in [5.74, 6) is 0. The van der Waals surface area contributed by atoms with Gasteiger partial charge in [-0.2, -0.15) is 0 Å². The smallest absolute Gasteiger partial charge is 0.0588 e. The Labute approximate surface area is 124 Å². The third-order valence-corrected chi connectivity index (χ3v) is 5.03. The van der Waals surface area contributed by atoms with Crippen LogP contribution in [0.3, 0.4) is 0 Å². The molecule has 0 aliphatic heterocycles. The lowest BCUT2D eigenvalue weighted by molar-refractivity contribution is 0.226. The summed E-state index contributed by atoms with van der Waals surface area (Å²) in [6.07, 6.45) is 4.52. The van der Waals surface area contributed by atoms with Crippen LogP contribution in [0.1, 0.15) is 34.9 Å². The SMILES string of the molecule is OC[C@@H](Cc1ccccc1)NC1CCCc2sccc21. The molecule has 2 N–H and O–H groups in total. The standard InChI is InChI=1S/C17H21NOS/c19-12-14(11-13-5-2-1-3-6-13)18-16-7-4-8-17-15(16)9-10-20-17/h1-3,5-6,9-10,14,16,18-19H,4,7-8,11-12H2/t14-,16?/m1/s1. The minimum absolute atomic E-state index is 0.133. The molecule has 1 aliphatic carbocycles. The molecule has 0 fully saturated rings. The maximum atomic E-state index is 9.66. The third-order valence-electron chi connectivity index (χ3n) is 4.03. The molecule has 1 heterocycles. The molecular weight excluding hydrogens is 266 g/mol. The van der Waals surface area contributed by atoms with Gasteiger partial charge in [0.1, 0.15) is 0 Å². The third kappa shape index (κ3) is 3.11. The summed E-state index contributed by atoms with van der Waals surface area (Å²) >= 11 is 1.87. The first-order valence-electron chi connectivity index (χ1n) is 7.34. The number of benzene rings is 1. The summed E-state index contributed by atoms with van der Waals surface area (Å²) in [6.45, 7) is 0.185. The van der Waals surface area contributed by atoms with Gasteiger partial charge >= 0.3 is 0 Å². The Kier molecular flexibility index (Phi) is 4.51. The van der Waals surface area contributed by atoms with Crippen LogP contribution in [-0.4, -0.2) is 17.8 Å². The molecule has 3 heteroatoms. The van der Waals surface area contributed by atoms with Crippen molar-refractivity contribution in [2.24, 2.45) is 0 Å². The minimum atomic E-state index is 0.133. The lowest BCUT2D eigenvalue weighted by atomic mass is 9.93. The Balaban J connectivity index is 1.67. The topological polar surface area (TPSA) is 32.3 Å². The molecular formula is C17H21NOS. The average molecular weight is 287 g/mol. The molecule has 0 amide bonds. The van der Waals surface area contributed by atoms with Crippen molar-refractivity contribution in [3.05, 3.63) is 57.8 Å². The minimum Gasteiger partial charge on any atom is -0.395 e. The van der Waals surface area contributed by atoms with Crippen molar-refractivity contribution in [2.45, 2.75) is 37.8 Å². The molecule has 0 bridgehead atoms. The molecule has 2 nitrogen and oxygen atoms in total. The van der Waals surface area contributed by atoms with E-state index in [2.05, 4.69) is 41.0 Å². The molecule has 2 atom stereocenters. The van der Waals surface area contributed by atoms with E-state index in [1.54, 1.807) is 0 Å². The normalized spacial score (nSPS) is 19.6. The highest BCUT2D eigenvalue weighted by atomic mass is 32.1. The van der Waals surface area contributed by atoms with Crippen molar-refractivity contribution in [2.75, 3.05) is 6.61 Å². The fourth-order valence-corrected chi connectivity index (χ4v) is 4.01. The predicted octanol–water partition coefficient (Wildman–Crippen LogP) is 3.32. The van der Waals surface area contributed by atoms with Crippen LogP contribution in [0.2, 0.25) is 0 Å². The van der Waals surface area contributed by atoms with Gasteiger partial charge in [-0.15, -0.1) is 11.3 Å². The molecule has 2 aromatic rings. The van der Waals surface area contributed by atoms with E-state index in [9.17, 15) is 5.11 Å². The summed E-state index contributed by atoms with van der Waals surface area (Å²) in [4.78, 5) is 1.52. The maximum Gasteiger partial charge on any atom is 0.0588 e. The highest BCUT2D eigenvalue weighted by molar-refractivity contribution is 7.10. The molecule has 1 unspecified atom stereocenters. The van der Waals surface area contributed by atoms with E-state index < -0.39 is 0 Å². The summed E-state index contributed by atoms with van der Waals surface area (Å²) in [5.41, 5.74) is 2.73. The van der Waals surface area contributed by atoms with Crippen LogP contribution in [0.25, 0.3) is 0 Å². The molecule has 0 radical (unpaired) electrons. The van der Waals surface area contributed by atoms with Crippen molar-refractivity contribution >= 4 is 11.3 Å². The van der Waals surface area contributed by atoms with Crippen molar-refractivity contribution < 1.29 is 5.11 Å². The lowest BCUT2D eigenvalue weighted by Crippen LogP contribution is -2.38. The van der Waals surface area contributed by atoms with Crippen molar-refractivity contribution in [3.8, 4) is 0 Å². The molecule has 106 valence electrons. The Bertz CT molecular complexity index is 537. The average Bonchev–Trinajstić information content (AvgIpc) is 2.97. The van der Waals surface area contributed by atoms with Gasteiger partial charge in [0.05, 0.1) is 6.61 Å². The van der Waals surface area contributed by atoms with E-state index in [1.807, 2.05) is 17.4 Å². The fourth-order valence-electron chi connectivity index (χ4n) is 3.02. The zero-order valence-corrected chi connectivity index (χ0v) is 12.4. The van der Waals surface area contributed by atoms with Crippen LogP contribution >= 0.6 is 11.3 Å². The van der Waals surface area contributed by atoms with Crippen molar-refractivity contribution in [1.82, 2.24) is 5.32 Å². The van der Waals surface area contributed by atoms with Crippen LogP contribution in [0.5, 0.6) is 0 Å². The first-order chi connectivity index (χ1) is 9.86. The van der Waals surface area contributed by atoms with Crippen molar-refractivity contribution in [1.29, 1.82) is 0 Å². The summed E-state index contributed by atoms with van der Waals surface area (Å²) in [6, 6.07) is 13.2. The number of aliphatic hydroxyl groups excluding tert-OH is 1. The van der Waals surface area contributed by atoms with Gasteiger partial charge < -0.3 is 10.4 Å². The van der Waals surface area contributed by atoms with Crippen LogP contribution in [0.15, 0.2) is 41.8 Å². The number of thiophene rings is 1. The second-order valence-electron chi connectivity index (χ2n) is 5.48. The largest absolute Gasteiger partial charge is 0.395 e. The summed E-state index contributed by atoms with van der Waals surface area (Å²) in [5, 5.41) is 15.5. The van der Waals surface area contributed by atoms with E-state index in [0.717, 1.165) is 6.42 Å². The second-order valence-corrected chi connectivity index (χ2v) is 6.48. The fraction of sp³-hybridized carbons (Fsp3) is 0.412. The van der Waals surface area contributed by atoms with Gasteiger partial charge in [-0.3, -0.25) is 0 Å². The predicted molar refractivity (Wildman–Crippen MR) is 84.2 cm³/mol. The first kappa shape index (κ1) is 13.8. The summed E-state index contributed by atoms with van der Waals surface area (Å²) < 4.78 is 0.